The van der Waals surface area contributed by atoms with Crippen molar-refractivity contribution in [3.63, 3.8) is 0 Å². The van der Waals surface area contributed by atoms with E-state index >= 15 is 0 Å². The Morgan fingerprint density at radius 2 is 0.474 bits per heavy atom. The van der Waals surface area contributed by atoms with Crippen molar-refractivity contribution in [2.45, 2.75) is 276 Å². The Morgan fingerprint density at radius 1 is 0.289 bits per heavy atom. The topological polar surface area (TPSA) is 86.0 Å². The Kier molecular flexibility index (Phi) is 18.8. The van der Waals surface area contributed by atoms with E-state index in [1.807, 2.05) is 0 Å². The molecular weight excluding hydrogens is 924 g/mol. The van der Waals surface area contributed by atoms with E-state index < -0.39 is 0 Å². The summed E-state index contributed by atoms with van der Waals surface area (Å²) >= 11 is 0. The molecule has 0 aliphatic heterocycles. The first-order chi connectivity index (χ1) is 36.1. The highest BCUT2D eigenvalue weighted by Gasteiger charge is 2.51. The fourth-order valence-corrected chi connectivity index (χ4v) is 19.3. The highest BCUT2D eigenvalue weighted by Crippen LogP contribution is 2.52. The molecule has 6 aliphatic rings. The van der Waals surface area contributed by atoms with Gasteiger partial charge in [-0.1, -0.05) is 163 Å². The molecule has 0 amide bonds. The molecular formula is C69H117BN6. The Bertz CT molecular complexity index is 1910. The number of nitrogens with zero attached hydrogens (tertiary/aromatic N) is 3. The van der Waals surface area contributed by atoms with Crippen molar-refractivity contribution < 1.29 is 0 Å². The maximum Gasteiger partial charge on any atom is 0.255 e. The highest BCUT2D eigenvalue weighted by atomic mass is 15.2. The first-order valence-corrected chi connectivity index (χ1v) is 33.4. The smallest absolute Gasteiger partial charge is 0.255 e. The van der Waals surface area contributed by atoms with Gasteiger partial charge in [0.05, 0.1) is 17.1 Å². The number of hydrogen-bond acceptors (Lipinski definition) is 3. The summed E-state index contributed by atoms with van der Waals surface area (Å²) in [7, 11) is 0. The third-order valence-electron chi connectivity index (χ3n) is 23.8. The lowest BCUT2D eigenvalue weighted by Crippen LogP contribution is -2.60. The summed E-state index contributed by atoms with van der Waals surface area (Å²) in [5.41, 5.74) is 13.8. The third kappa shape index (κ3) is 11.7. The van der Waals surface area contributed by atoms with Crippen molar-refractivity contribution in [2.24, 2.45) is 107 Å². The third-order valence-corrected chi connectivity index (χ3v) is 23.8. The second-order valence-electron chi connectivity index (χ2n) is 31.3. The van der Waals surface area contributed by atoms with Gasteiger partial charge in [-0.05, 0) is 200 Å². The number of hydrogen-bond donors (Lipinski definition) is 3. The largest absolute Gasteiger partial charge is 0.283 e. The van der Waals surface area contributed by atoms with Crippen LogP contribution in [-0.4, -0.2) is 37.3 Å². The molecule has 3 heterocycles. The number of H-pyrrole nitrogens is 3. The Morgan fingerprint density at radius 3 is 0.671 bits per heavy atom. The minimum Gasteiger partial charge on any atom is -0.283 e. The van der Waals surface area contributed by atoms with Gasteiger partial charge in [-0.3, -0.25) is 15.3 Å². The molecule has 3 aromatic heterocycles. The zero-order valence-corrected chi connectivity index (χ0v) is 52.5. The van der Waals surface area contributed by atoms with Crippen LogP contribution in [-0.2, 0) is 0 Å². The Hall–Kier alpha value is -2.31. The van der Waals surface area contributed by atoms with E-state index in [0.717, 1.165) is 0 Å². The molecule has 0 saturated heterocycles. The van der Waals surface area contributed by atoms with Crippen LogP contribution in [0.2, 0.25) is 0 Å². The second-order valence-corrected chi connectivity index (χ2v) is 31.3. The zero-order chi connectivity index (χ0) is 54.6. The molecule has 0 spiro atoms. The van der Waals surface area contributed by atoms with Crippen LogP contribution in [0.1, 0.15) is 310 Å². The average molecular weight is 1040 g/mol. The van der Waals surface area contributed by atoms with Crippen molar-refractivity contribution in [2.75, 3.05) is 0 Å². The summed E-state index contributed by atoms with van der Waals surface area (Å²) in [5.74, 6) is 13.9. The van der Waals surface area contributed by atoms with Crippen LogP contribution < -0.4 is 16.4 Å². The Balaban J connectivity index is 1.48. The highest BCUT2D eigenvalue weighted by molar-refractivity contribution is 6.97. The van der Waals surface area contributed by atoms with E-state index in [0.29, 0.717) is 142 Å². The minimum absolute atomic E-state index is 0.00322. The van der Waals surface area contributed by atoms with Gasteiger partial charge in [0.2, 0.25) is 0 Å². The molecule has 6 saturated carbocycles. The van der Waals surface area contributed by atoms with Crippen LogP contribution >= 0.6 is 0 Å². The predicted octanol–water partition coefficient (Wildman–Crippen LogP) is 17.4. The van der Waals surface area contributed by atoms with E-state index in [-0.39, 0.29) is 6.71 Å². The van der Waals surface area contributed by atoms with E-state index in [9.17, 15) is 0 Å². The maximum atomic E-state index is 6.05. The number of nitrogens with one attached hydrogen (secondary N) is 3. The normalized spacial score (nSPS) is 37.1. The fourth-order valence-electron chi connectivity index (χ4n) is 19.3. The van der Waals surface area contributed by atoms with Gasteiger partial charge in [-0.25, -0.2) is 0 Å². The molecule has 0 aromatic carbocycles. The minimum atomic E-state index is -0.00322. The van der Waals surface area contributed by atoms with Crippen molar-refractivity contribution in [3.05, 3.63) is 34.2 Å². The Labute approximate surface area is 467 Å². The first kappa shape index (κ1) is 58.4. The summed E-state index contributed by atoms with van der Waals surface area (Å²) in [4.78, 5) is 0. The van der Waals surface area contributed by atoms with Crippen LogP contribution in [0.15, 0.2) is 0 Å². The number of aromatic amines is 3. The lowest BCUT2D eigenvalue weighted by atomic mass is 9.32. The molecule has 6 nitrogen and oxygen atoms in total. The molecule has 3 N–H and O–H groups in total. The first-order valence-electron chi connectivity index (χ1n) is 33.4. The van der Waals surface area contributed by atoms with E-state index in [4.69, 9.17) is 15.3 Å². The number of aromatic nitrogens is 6. The van der Waals surface area contributed by atoms with E-state index in [1.165, 1.54) is 150 Å². The number of rotatable bonds is 15. The lowest BCUT2D eigenvalue weighted by Gasteiger charge is -2.42. The van der Waals surface area contributed by atoms with Crippen LogP contribution in [0.5, 0.6) is 0 Å². The van der Waals surface area contributed by atoms with Gasteiger partial charge in [0.15, 0.2) is 0 Å². The summed E-state index contributed by atoms with van der Waals surface area (Å²) in [6.45, 7) is 46.1. The second kappa shape index (κ2) is 24.4. The van der Waals surface area contributed by atoms with E-state index in [1.54, 1.807) is 16.4 Å². The molecule has 7 heteroatoms. The summed E-state index contributed by atoms with van der Waals surface area (Å²) < 4.78 is 0. The lowest BCUT2D eigenvalue weighted by molar-refractivity contribution is 0.194. The molecule has 18 unspecified atom stereocenters. The summed E-state index contributed by atoms with van der Waals surface area (Å²) in [5, 5.41) is 30.9. The van der Waals surface area contributed by atoms with Crippen LogP contribution in [0, 0.1) is 107 Å². The van der Waals surface area contributed by atoms with Gasteiger partial charge >= 0.3 is 0 Å². The van der Waals surface area contributed by atoms with Crippen molar-refractivity contribution in [1.29, 1.82) is 0 Å². The molecule has 76 heavy (non-hydrogen) atoms. The van der Waals surface area contributed by atoms with Gasteiger partial charge in [0.25, 0.3) is 6.71 Å². The fraction of sp³-hybridized carbons (Fsp3) is 0.870. The van der Waals surface area contributed by atoms with Gasteiger partial charge in [-0.2, -0.15) is 15.3 Å². The van der Waals surface area contributed by atoms with Crippen molar-refractivity contribution >= 4 is 23.1 Å². The van der Waals surface area contributed by atoms with E-state index in [2.05, 4.69) is 140 Å². The monoisotopic (exact) mass is 1040 g/mol. The van der Waals surface area contributed by atoms with Crippen molar-refractivity contribution in [1.82, 2.24) is 30.6 Å². The van der Waals surface area contributed by atoms with Gasteiger partial charge in [0, 0.05) is 52.6 Å². The molecule has 18 atom stereocenters. The maximum absolute atomic E-state index is 6.05. The summed E-state index contributed by atoms with van der Waals surface area (Å²) in [6, 6.07) is 0. The average Bonchev–Trinajstić information content (AvgIpc) is 4.15. The molecule has 6 fully saturated rings. The van der Waals surface area contributed by atoms with Gasteiger partial charge in [0.1, 0.15) is 0 Å². The molecule has 3 aromatic rings. The molecule has 6 aliphatic carbocycles. The molecule has 0 radical (unpaired) electrons. The summed E-state index contributed by atoms with van der Waals surface area (Å²) in [6.07, 6.45) is 23.2. The molecule has 9 rings (SSSR count). The van der Waals surface area contributed by atoms with Crippen LogP contribution in [0.4, 0.5) is 0 Å². The molecule has 0 bridgehead atoms. The standard InChI is InChI=1S/C69H117BN6/c1-37(2)49-25-19-43(13)31-55(49)64-61(65(72-71-64)56-32-44(14)20-26-50(56)38(3)4)70(62-66(57-33-45(15)21-27-51(57)39(5)6)73-74-67(62)58-34-46(16)22-28-52(58)40(7)8)63-68(59-35-47(17)23-29-53(59)41(9)10)75-76-69(63)60-36-48(18)24-30-54(60)42(11)12/h37-60H,19-36H2,1-18H3,(H,71,72)(H,73,74)(H,75,76). The van der Waals surface area contributed by atoms with Gasteiger partial charge in [-0.15, -0.1) is 0 Å². The van der Waals surface area contributed by atoms with Crippen LogP contribution in [0.25, 0.3) is 0 Å². The predicted molar refractivity (Wildman–Crippen MR) is 325 cm³/mol. The molecule has 426 valence electrons. The quantitative estimate of drug-likeness (QED) is 0.133. The van der Waals surface area contributed by atoms with Crippen molar-refractivity contribution in [3.8, 4) is 0 Å². The van der Waals surface area contributed by atoms with Crippen LogP contribution in [0.3, 0.4) is 0 Å². The van der Waals surface area contributed by atoms with Gasteiger partial charge < -0.3 is 0 Å². The SMILES string of the molecule is CC1CCC(C(C)C)C(c2n[nH]c(C3CC(C)CCC3C(C)C)c2B(c2c(C3CC(C)CCC3C(C)C)n[nH]c2C2CC(C)CCC2C(C)C)c2c(C3CC(C)CCC3C(C)C)n[nH]c2C2CC(C)CCC2C(C)C)C1. The zero-order valence-electron chi connectivity index (χ0n) is 52.5.